The second-order valence-corrected chi connectivity index (χ2v) is 3.58. The highest BCUT2D eigenvalue weighted by Gasteiger charge is 1.89. The zero-order valence-corrected chi connectivity index (χ0v) is 8.51. The Morgan fingerprint density at radius 1 is 1.31 bits per heavy atom. The van der Waals surface area contributed by atoms with Crippen molar-refractivity contribution in [2.45, 2.75) is 33.1 Å². The van der Waals surface area contributed by atoms with Crippen molar-refractivity contribution in [1.29, 1.82) is 0 Å². The van der Waals surface area contributed by atoms with Crippen LogP contribution in [0.25, 0.3) is 0 Å². The third-order valence-corrected chi connectivity index (χ3v) is 2.01. The molecule has 13 heavy (non-hydrogen) atoms. The summed E-state index contributed by atoms with van der Waals surface area (Å²) in [5.41, 5.74) is 2.84. The molecule has 0 spiro atoms. The molecular weight excluding hydrogens is 156 g/mol. The largest absolute Gasteiger partial charge is 0.0859 e. The second-order valence-electron chi connectivity index (χ2n) is 3.58. The lowest BCUT2D eigenvalue weighted by Gasteiger charge is -1.98. The van der Waals surface area contributed by atoms with Crippen LogP contribution in [0.4, 0.5) is 0 Å². The molecule has 0 heteroatoms. The molecule has 0 saturated carbocycles. The zero-order chi connectivity index (χ0) is 9.52. The van der Waals surface area contributed by atoms with Crippen molar-refractivity contribution in [3.63, 3.8) is 0 Å². The zero-order valence-electron chi connectivity index (χ0n) is 8.51. The highest BCUT2D eigenvalue weighted by Crippen LogP contribution is 2.05. The van der Waals surface area contributed by atoms with Gasteiger partial charge < -0.3 is 0 Å². The molecule has 0 saturated heterocycles. The van der Waals surface area contributed by atoms with Gasteiger partial charge in [0.1, 0.15) is 0 Å². The van der Waals surface area contributed by atoms with Crippen molar-refractivity contribution in [3.8, 4) is 0 Å². The Balaban J connectivity index is 2.25. The minimum atomic E-state index is 1.18. The fourth-order valence-electron chi connectivity index (χ4n) is 1.29. The summed E-state index contributed by atoms with van der Waals surface area (Å²) in [7, 11) is 0. The highest BCUT2D eigenvalue weighted by atomic mass is 14.0. The van der Waals surface area contributed by atoms with Gasteiger partial charge in [0.15, 0.2) is 0 Å². The fraction of sp³-hybridized carbons (Fsp3) is 0.385. The summed E-state index contributed by atoms with van der Waals surface area (Å²) in [6.45, 7) is 4.30. The van der Waals surface area contributed by atoms with Crippen LogP contribution < -0.4 is 0 Å². The van der Waals surface area contributed by atoms with E-state index in [0.717, 1.165) is 0 Å². The number of allylic oxidation sites excluding steroid dienone is 2. The van der Waals surface area contributed by atoms with Gasteiger partial charge in [0.25, 0.3) is 0 Å². The van der Waals surface area contributed by atoms with Gasteiger partial charge in [-0.1, -0.05) is 35.9 Å². The highest BCUT2D eigenvalue weighted by molar-refractivity contribution is 5.13. The van der Waals surface area contributed by atoms with Crippen LogP contribution in [0.1, 0.15) is 32.3 Å². The Kier molecular flexibility index (Phi) is 4.31. The molecular formula is C13H17. The van der Waals surface area contributed by atoms with E-state index in [1.807, 2.05) is 12.1 Å². The van der Waals surface area contributed by atoms with Gasteiger partial charge in [0.05, 0.1) is 0 Å². The lowest BCUT2D eigenvalue weighted by Crippen LogP contribution is -1.83. The van der Waals surface area contributed by atoms with Gasteiger partial charge in [0.2, 0.25) is 0 Å². The monoisotopic (exact) mass is 173 g/mol. The van der Waals surface area contributed by atoms with Gasteiger partial charge in [0, 0.05) is 0 Å². The Morgan fingerprint density at radius 2 is 2.00 bits per heavy atom. The molecule has 0 fully saturated rings. The fourth-order valence-corrected chi connectivity index (χ4v) is 1.29. The third kappa shape index (κ3) is 4.51. The van der Waals surface area contributed by atoms with Crippen LogP contribution in [0.15, 0.2) is 35.9 Å². The van der Waals surface area contributed by atoms with E-state index in [1.54, 1.807) is 0 Å². The second kappa shape index (κ2) is 5.58. The van der Waals surface area contributed by atoms with Gasteiger partial charge in [-0.3, -0.25) is 0 Å². The summed E-state index contributed by atoms with van der Waals surface area (Å²) in [5, 5.41) is 0. The number of benzene rings is 1. The van der Waals surface area contributed by atoms with Crippen molar-refractivity contribution in [2.75, 3.05) is 0 Å². The van der Waals surface area contributed by atoms with E-state index < -0.39 is 0 Å². The number of hydrogen-bond acceptors (Lipinski definition) is 0. The predicted octanol–water partition coefficient (Wildman–Crippen LogP) is 3.78. The van der Waals surface area contributed by atoms with E-state index in [1.165, 1.54) is 30.4 Å². The molecule has 1 aromatic rings. The van der Waals surface area contributed by atoms with Crippen LogP contribution >= 0.6 is 0 Å². The molecule has 0 aromatic heterocycles. The Morgan fingerprint density at radius 3 is 2.62 bits per heavy atom. The Bertz CT molecular complexity index is 253. The van der Waals surface area contributed by atoms with Gasteiger partial charge in [-0.25, -0.2) is 0 Å². The summed E-state index contributed by atoms with van der Waals surface area (Å²) in [6, 6.07) is 11.3. The first-order chi connectivity index (χ1) is 6.29. The lowest BCUT2D eigenvalue weighted by atomic mass is 10.1. The quantitative estimate of drug-likeness (QED) is 0.480. The molecule has 1 aromatic carbocycles. The van der Waals surface area contributed by atoms with Gasteiger partial charge in [-0.2, -0.15) is 0 Å². The molecule has 69 valence electrons. The molecule has 0 nitrogen and oxygen atoms in total. The normalized spacial score (nSPS) is 9.69. The maximum Gasteiger partial charge on any atom is -0.0184 e. The number of rotatable bonds is 4. The van der Waals surface area contributed by atoms with E-state index >= 15 is 0 Å². The predicted molar refractivity (Wildman–Crippen MR) is 57.6 cm³/mol. The van der Waals surface area contributed by atoms with Gasteiger partial charge in [-0.15, -0.1) is 0 Å². The van der Waals surface area contributed by atoms with Crippen LogP contribution in [0.5, 0.6) is 0 Å². The standard InChI is InChI=1S/C13H17/c1-12(2)8-6-7-11-13-9-4-3-5-10-13/h4-5,8-10H,6-7,11H2,1-2H3. The van der Waals surface area contributed by atoms with Crippen LogP contribution in [-0.4, -0.2) is 0 Å². The summed E-state index contributed by atoms with van der Waals surface area (Å²) < 4.78 is 0. The number of hydrogen-bond donors (Lipinski definition) is 0. The molecule has 0 unspecified atom stereocenters. The molecule has 0 amide bonds. The average molecular weight is 173 g/mol. The molecule has 0 aliphatic rings. The summed E-state index contributed by atoms with van der Waals surface area (Å²) in [4.78, 5) is 0. The van der Waals surface area contributed by atoms with Crippen LogP contribution in [0.2, 0.25) is 0 Å². The lowest BCUT2D eigenvalue weighted by molar-refractivity contribution is 0.838. The average Bonchev–Trinajstić information content (AvgIpc) is 2.14. The molecule has 1 rings (SSSR count). The topological polar surface area (TPSA) is 0 Å². The van der Waals surface area contributed by atoms with Crippen molar-refractivity contribution in [2.24, 2.45) is 0 Å². The molecule has 0 aliphatic carbocycles. The van der Waals surface area contributed by atoms with E-state index in [-0.39, 0.29) is 0 Å². The molecule has 0 atom stereocenters. The molecule has 0 N–H and O–H groups in total. The maximum absolute atomic E-state index is 3.03. The van der Waals surface area contributed by atoms with Crippen molar-refractivity contribution in [3.05, 3.63) is 47.5 Å². The molecule has 0 bridgehead atoms. The smallest absolute Gasteiger partial charge is 0.0184 e. The Labute approximate surface area is 81.3 Å². The van der Waals surface area contributed by atoms with E-state index in [4.69, 9.17) is 0 Å². The van der Waals surface area contributed by atoms with Crippen LogP contribution in [-0.2, 0) is 6.42 Å². The first-order valence-corrected chi connectivity index (χ1v) is 4.87. The summed E-state index contributed by atoms with van der Waals surface area (Å²) in [5.74, 6) is 0. The molecule has 1 radical (unpaired) electrons. The van der Waals surface area contributed by atoms with Crippen molar-refractivity contribution < 1.29 is 0 Å². The number of aryl methyl sites for hydroxylation is 1. The van der Waals surface area contributed by atoms with Crippen molar-refractivity contribution in [1.82, 2.24) is 0 Å². The maximum atomic E-state index is 3.03. The van der Waals surface area contributed by atoms with E-state index in [0.29, 0.717) is 0 Å². The first kappa shape index (κ1) is 10.0. The minimum Gasteiger partial charge on any atom is -0.0859 e. The third-order valence-electron chi connectivity index (χ3n) is 2.01. The SMILES string of the molecule is CC(C)=CCCCc1cc[c]cc1. The minimum absolute atomic E-state index is 1.18. The molecule has 0 aliphatic heterocycles. The van der Waals surface area contributed by atoms with Crippen LogP contribution in [0, 0.1) is 6.07 Å². The van der Waals surface area contributed by atoms with Gasteiger partial charge in [-0.05, 0) is 44.7 Å². The molecule has 0 heterocycles. The number of unbranched alkanes of at least 4 members (excludes halogenated alkanes) is 1. The van der Waals surface area contributed by atoms with E-state index in [9.17, 15) is 0 Å². The Hall–Kier alpha value is -1.04. The van der Waals surface area contributed by atoms with Crippen molar-refractivity contribution >= 4 is 0 Å². The summed E-state index contributed by atoms with van der Waals surface area (Å²) in [6.07, 6.45) is 5.92. The van der Waals surface area contributed by atoms with Crippen LogP contribution in [0.3, 0.4) is 0 Å². The summed E-state index contributed by atoms with van der Waals surface area (Å²) >= 11 is 0. The van der Waals surface area contributed by atoms with Gasteiger partial charge >= 0.3 is 0 Å². The first-order valence-electron chi connectivity index (χ1n) is 4.87. The van der Waals surface area contributed by atoms with E-state index in [2.05, 4.69) is 38.1 Å².